The average molecular weight is 316 g/mol. The van der Waals surface area contributed by atoms with Crippen molar-refractivity contribution in [2.24, 2.45) is 11.8 Å². The number of carbonyl (C=O) groups is 3. The predicted molar refractivity (Wildman–Crippen MR) is 84.0 cm³/mol. The average Bonchev–Trinajstić information content (AvgIpc) is 3.40. The van der Waals surface area contributed by atoms with Gasteiger partial charge >= 0.3 is 5.97 Å². The van der Waals surface area contributed by atoms with Crippen LogP contribution in [0.1, 0.15) is 36.5 Å². The molecule has 6 nitrogen and oxygen atoms in total. The van der Waals surface area contributed by atoms with Crippen molar-refractivity contribution in [1.82, 2.24) is 4.90 Å². The molecule has 0 aliphatic heterocycles. The Balaban J connectivity index is 1.71. The quantitative estimate of drug-likeness (QED) is 0.840. The van der Waals surface area contributed by atoms with E-state index in [1.54, 1.807) is 24.3 Å². The Hall–Kier alpha value is -2.37. The third-order valence-electron chi connectivity index (χ3n) is 4.38. The number of rotatable bonds is 6. The van der Waals surface area contributed by atoms with E-state index in [1.807, 2.05) is 6.92 Å². The van der Waals surface area contributed by atoms with Gasteiger partial charge in [-0.05, 0) is 43.4 Å². The highest BCUT2D eigenvalue weighted by Crippen LogP contribution is 2.38. The van der Waals surface area contributed by atoms with Crippen LogP contribution in [0, 0.1) is 11.8 Å². The number of amides is 2. The molecule has 0 saturated heterocycles. The van der Waals surface area contributed by atoms with Gasteiger partial charge in [-0.25, -0.2) is 0 Å². The van der Waals surface area contributed by atoms with Gasteiger partial charge in [-0.2, -0.15) is 0 Å². The zero-order valence-electron chi connectivity index (χ0n) is 13.0. The zero-order chi connectivity index (χ0) is 16.6. The van der Waals surface area contributed by atoms with Gasteiger partial charge in [-0.3, -0.25) is 14.4 Å². The number of hydrogen-bond acceptors (Lipinski definition) is 3. The summed E-state index contributed by atoms with van der Waals surface area (Å²) in [5.41, 5.74) is 0.978. The van der Waals surface area contributed by atoms with E-state index >= 15 is 0 Å². The Morgan fingerprint density at radius 2 is 2.00 bits per heavy atom. The van der Waals surface area contributed by atoms with Gasteiger partial charge in [0.1, 0.15) is 6.54 Å². The number of carbonyl (C=O) groups excluding carboxylic acids is 2. The first-order chi connectivity index (χ1) is 11.0. The van der Waals surface area contributed by atoms with Crippen LogP contribution in [0.4, 0.5) is 5.69 Å². The Labute approximate surface area is 134 Å². The van der Waals surface area contributed by atoms with Gasteiger partial charge in [-0.1, -0.05) is 13.0 Å². The lowest BCUT2D eigenvalue weighted by Gasteiger charge is -2.20. The third kappa shape index (κ3) is 3.70. The lowest BCUT2D eigenvalue weighted by atomic mass is 10.1. The van der Waals surface area contributed by atoms with E-state index in [9.17, 15) is 14.4 Å². The number of benzene rings is 1. The first kappa shape index (κ1) is 15.5. The van der Waals surface area contributed by atoms with E-state index in [0.29, 0.717) is 17.2 Å². The summed E-state index contributed by atoms with van der Waals surface area (Å²) < 4.78 is 0. The van der Waals surface area contributed by atoms with Gasteiger partial charge in [0.05, 0.1) is 0 Å². The smallest absolute Gasteiger partial charge is 0.323 e. The second-order valence-electron chi connectivity index (χ2n) is 6.45. The van der Waals surface area contributed by atoms with Crippen LogP contribution in [-0.4, -0.2) is 40.4 Å². The first-order valence-corrected chi connectivity index (χ1v) is 7.89. The van der Waals surface area contributed by atoms with Crippen LogP contribution in [0.2, 0.25) is 0 Å². The number of carboxylic acids is 1. The highest BCUT2D eigenvalue weighted by atomic mass is 16.4. The molecule has 2 atom stereocenters. The summed E-state index contributed by atoms with van der Waals surface area (Å²) in [7, 11) is 0. The van der Waals surface area contributed by atoms with E-state index in [2.05, 4.69) is 5.32 Å². The topological polar surface area (TPSA) is 86.7 Å². The van der Waals surface area contributed by atoms with Gasteiger partial charge in [0, 0.05) is 23.2 Å². The predicted octanol–water partition coefficient (Wildman–Crippen LogP) is 1.97. The molecule has 0 aromatic heterocycles. The number of anilines is 1. The molecule has 2 N–H and O–H groups in total. The van der Waals surface area contributed by atoms with Gasteiger partial charge in [0.15, 0.2) is 0 Å². The van der Waals surface area contributed by atoms with E-state index in [4.69, 9.17) is 5.11 Å². The summed E-state index contributed by atoms with van der Waals surface area (Å²) in [6, 6.07) is 6.72. The van der Waals surface area contributed by atoms with Crippen molar-refractivity contribution in [3.05, 3.63) is 29.8 Å². The van der Waals surface area contributed by atoms with Crippen molar-refractivity contribution < 1.29 is 19.5 Å². The maximum Gasteiger partial charge on any atom is 0.323 e. The lowest BCUT2D eigenvalue weighted by molar-refractivity contribution is -0.137. The Morgan fingerprint density at radius 3 is 2.57 bits per heavy atom. The molecule has 2 saturated carbocycles. The minimum Gasteiger partial charge on any atom is -0.480 e. The molecule has 2 amide bonds. The molecule has 1 aromatic carbocycles. The second kappa shape index (κ2) is 6.02. The molecule has 2 fully saturated rings. The number of nitrogens with one attached hydrogen (secondary N) is 1. The summed E-state index contributed by atoms with van der Waals surface area (Å²) in [5.74, 6) is -0.861. The highest BCUT2D eigenvalue weighted by molar-refractivity contribution is 5.99. The van der Waals surface area contributed by atoms with Crippen molar-refractivity contribution in [2.75, 3.05) is 11.9 Å². The fraction of sp³-hybridized carbons (Fsp3) is 0.471. The molecule has 0 bridgehead atoms. The summed E-state index contributed by atoms with van der Waals surface area (Å²) in [6.07, 6.45) is 2.59. The van der Waals surface area contributed by atoms with Crippen LogP contribution >= 0.6 is 0 Å². The molecule has 0 radical (unpaired) electrons. The normalized spacial score (nSPS) is 22.3. The summed E-state index contributed by atoms with van der Waals surface area (Å²) in [4.78, 5) is 36.9. The maximum atomic E-state index is 12.5. The molecule has 0 heterocycles. The van der Waals surface area contributed by atoms with Crippen LogP contribution in [0.5, 0.6) is 0 Å². The Bertz CT molecular complexity index is 654. The minimum atomic E-state index is -1.02. The van der Waals surface area contributed by atoms with E-state index in [1.165, 1.54) is 4.90 Å². The molecule has 2 aliphatic carbocycles. The fourth-order valence-electron chi connectivity index (χ4n) is 2.72. The van der Waals surface area contributed by atoms with Crippen LogP contribution in [0.15, 0.2) is 24.3 Å². The van der Waals surface area contributed by atoms with E-state index in [-0.39, 0.29) is 30.3 Å². The molecule has 0 spiro atoms. The molecule has 6 heteroatoms. The highest BCUT2D eigenvalue weighted by Gasteiger charge is 2.39. The Morgan fingerprint density at radius 1 is 1.30 bits per heavy atom. The molecule has 3 rings (SSSR count). The zero-order valence-corrected chi connectivity index (χ0v) is 13.0. The molecule has 2 unspecified atom stereocenters. The molecule has 23 heavy (non-hydrogen) atoms. The standard InChI is InChI=1S/C17H20N2O4/c1-10-7-14(10)16(22)18-12-4-2-3-11(8-12)17(23)19(9-15(20)21)13-5-6-13/h2-4,8,10,13-14H,5-7,9H2,1H3,(H,18,22)(H,20,21). The van der Waals surface area contributed by atoms with Crippen LogP contribution in [-0.2, 0) is 9.59 Å². The molecule has 2 aliphatic rings. The van der Waals surface area contributed by atoms with Crippen molar-refractivity contribution in [3.8, 4) is 0 Å². The van der Waals surface area contributed by atoms with Crippen molar-refractivity contribution in [3.63, 3.8) is 0 Å². The van der Waals surface area contributed by atoms with Crippen molar-refractivity contribution in [1.29, 1.82) is 0 Å². The SMILES string of the molecule is CC1CC1C(=O)Nc1cccc(C(=O)N(CC(=O)O)C2CC2)c1. The number of nitrogens with zero attached hydrogens (tertiary/aromatic N) is 1. The summed E-state index contributed by atoms with van der Waals surface area (Å²) in [6.45, 7) is 1.74. The molecule has 122 valence electrons. The van der Waals surface area contributed by atoms with Gasteiger partial charge in [-0.15, -0.1) is 0 Å². The van der Waals surface area contributed by atoms with E-state index in [0.717, 1.165) is 19.3 Å². The number of carboxylic acid groups (broad SMARTS) is 1. The largest absolute Gasteiger partial charge is 0.480 e. The fourth-order valence-corrected chi connectivity index (χ4v) is 2.72. The first-order valence-electron chi connectivity index (χ1n) is 7.89. The van der Waals surface area contributed by atoms with E-state index < -0.39 is 5.97 Å². The van der Waals surface area contributed by atoms with Crippen LogP contribution in [0.3, 0.4) is 0 Å². The third-order valence-corrected chi connectivity index (χ3v) is 4.38. The van der Waals surface area contributed by atoms with Crippen LogP contribution < -0.4 is 5.32 Å². The summed E-state index contributed by atoms with van der Waals surface area (Å²) in [5, 5.41) is 11.8. The Kier molecular flexibility index (Phi) is 4.07. The molecule has 1 aromatic rings. The van der Waals surface area contributed by atoms with Gasteiger partial charge in [0.2, 0.25) is 5.91 Å². The molecular weight excluding hydrogens is 296 g/mol. The van der Waals surface area contributed by atoms with Gasteiger partial charge in [0.25, 0.3) is 5.91 Å². The number of aliphatic carboxylic acids is 1. The minimum absolute atomic E-state index is 0.0177. The summed E-state index contributed by atoms with van der Waals surface area (Å²) >= 11 is 0. The maximum absolute atomic E-state index is 12.5. The van der Waals surface area contributed by atoms with Crippen LogP contribution in [0.25, 0.3) is 0 Å². The monoisotopic (exact) mass is 316 g/mol. The second-order valence-corrected chi connectivity index (χ2v) is 6.45. The number of hydrogen-bond donors (Lipinski definition) is 2. The van der Waals surface area contributed by atoms with Gasteiger partial charge < -0.3 is 15.3 Å². The van der Waals surface area contributed by atoms with Crippen molar-refractivity contribution in [2.45, 2.75) is 32.2 Å². The lowest BCUT2D eigenvalue weighted by Crippen LogP contribution is -2.37. The molecular formula is C17H20N2O4. The van der Waals surface area contributed by atoms with Crippen molar-refractivity contribution >= 4 is 23.5 Å².